The van der Waals surface area contributed by atoms with Crippen molar-refractivity contribution in [2.45, 2.75) is 25.2 Å². The molecule has 0 N–H and O–H groups in total. The van der Waals surface area contributed by atoms with Crippen LogP contribution >= 0.6 is 27.7 Å². The van der Waals surface area contributed by atoms with Gasteiger partial charge in [-0.25, -0.2) is 0 Å². The maximum Gasteiger partial charge on any atom is 0.0130 e. The molecule has 0 amide bonds. The summed E-state index contributed by atoms with van der Waals surface area (Å²) in [5.41, 5.74) is 2.85. The van der Waals surface area contributed by atoms with Crippen molar-refractivity contribution in [3.63, 3.8) is 0 Å². The van der Waals surface area contributed by atoms with Crippen LogP contribution in [0.1, 0.15) is 17.5 Å². The van der Waals surface area contributed by atoms with Gasteiger partial charge in [0.15, 0.2) is 0 Å². The summed E-state index contributed by atoms with van der Waals surface area (Å²) in [4.78, 5) is 1.50. The second-order valence-corrected chi connectivity index (χ2v) is 6.12. The molecule has 0 aliphatic heterocycles. The maximum atomic E-state index is 3.56. The fourth-order valence-corrected chi connectivity index (χ4v) is 4.09. The van der Waals surface area contributed by atoms with Crippen molar-refractivity contribution in [3.8, 4) is 0 Å². The third-order valence-electron chi connectivity index (χ3n) is 3.12. The monoisotopic (exact) mass is 284 g/mol. The molecule has 82 valence electrons. The molecule has 2 rings (SSSR count). The molecule has 1 aromatic carbocycles. The van der Waals surface area contributed by atoms with E-state index < -0.39 is 0 Å². The average Bonchev–Trinajstić information content (AvgIpc) is 2.96. The molecule has 1 fully saturated rings. The van der Waals surface area contributed by atoms with E-state index >= 15 is 0 Å². The van der Waals surface area contributed by atoms with Crippen molar-refractivity contribution in [2.75, 3.05) is 11.1 Å². The van der Waals surface area contributed by atoms with Crippen LogP contribution in [0.3, 0.4) is 0 Å². The number of thioether (sulfide) groups is 1. The van der Waals surface area contributed by atoms with Gasteiger partial charge in [0.05, 0.1) is 0 Å². The van der Waals surface area contributed by atoms with E-state index in [0.29, 0.717) is 0 Å². The van der Waals surface area contributed by atoms with Gasteiger partial charge in [0.1, 0.15) is 0 Å². The molecule has 1 aliphatic carbocycles. The lowest BCUT2D eigenvalue weighted by Gasteiger charge is -2.08. The lowest BCUT2D eigenvalue weighted by atomic mass is 10.2. The first-order valence-electron chi connectivity index (χ1n) is 5.47. The first-order valence-corrected chi connectivity index (χ1v) is 7.58. The summed E-state index contributed by atoms with van der Waals surface area (Å²) in [6.45, 7) is 4.43. The SMILES string of the molecule is Cc1cccc(C)c1SC[C@H]1C[C@@H]1CBr. The van der Waals surface area contributed by atoms with Crippen LogP contribution in [0.15, 0.2) is 23.1 Å². The number of rotatable bonds is 4. The van der Waals surface area contributed by atoms with E-state index in [1.54, 1.807) is 0 Å². The van der Waals surface area contributed by atoms with Crippen LogP contribution < -0.4 is 0 Å². The van der Waals surface area contributed by atoms with Gasteiger partial charge in [0.25, 0.3) is 0 Å². The van der Waals surface area contributed by atoms with Gasteiger partial charge in [0.2, 0.25) is 0 Å². The fourth-order valence-electron chi connectivity index (χ4n) is 1.92. The second-order valence-electron chi connectivity index (χ2n) is 4.44. The molecule has 0 spiro atoms. The highest BCUT2D eigenvalue weighted by Gasteiger charge is 2.35. The topological polar surface area (TPSA) is 0 Å². The molecule has 0 bridgehead atoms. The Morgan fingerprint density at radius 3 is 2.47 bits per heavy atom. The molecule has 2 atom stereocenters. The van der Waals surface area contributed by atoms with Gasteiger partial charge in [-0.2, -0.15) is 0 Å². The highest BCUT2D eigenvalue weighted by atomic mass is 79.9. The molecule has 0 saturated heterocycles. The molecule has 2 heteroatoms. The first-order chi connectivity index (χ1) is 7.22. The number of alkyl halides is 1. The smallest absolute Gasteiger partial charge is 0.0130 e. The lowest BCUT2D eigenvalue weighted by molar-refractivity contribution is 0.860. The zero-order valence-electron chi connectivity index (χ0n) is 9.29. The van der Waals surface area contributed by atoms with E-state index in [0.717, 1.165) is 11.8 Å². The van der Waals surface area contributed by atoms with Crippen molar-refractivity contribution in [1.82, 2.24) is 0 Å². The summed E-state index contributed by atoms with van der Waals surface area (Å²) < 4.78 is 0. The van der Waals surface area contributed by atoms with E-state index in [1.165, 1.54) is 33.5 Å². The van der Waals surface area contributed by atoms with Gasteiger partial charge < -0.3 is 0 Å². The molecular formula is C13H17BrS. The molecule has 15 heavy (non-hydrogen) atoms. The zero-order chi connectivity index (χ0) is 10.8. The van der Waals surface area contributed by atoms with Gasteiger partial charge >= 0.3 is 0 Å². The van der Waals surface area contributed by atoms with Gasteiger partial charge in [-0.05, 0) is 43.2 Å². The summed E-state index contributed by atoms with van der Waals surface area (Å²) >= 11 is 5.61. The predicted molar refractivity (Wildman–Crippen MR) is 72.0 cm³/mol. The first kappa shape index (κ1) is 11.5. The Kier molecular flexibility index (Phi) is 3.78. The Bertz CT molecular complexity index is 328. The summed E-state index contributed by atoms with van der Waals surface area (Å²) in [6.07, 6.45) is 1.42. The summed E-state index contributed by atoms with van der Waals surface area (Å²) in [7, 11) is 0. The minimum absolute atomic E-state index is 0.946. The number of benzene rings is 1. The Hall–Kier alpha value is 0.0500. The molecule has 0 radical (unpaired) electrons. The lowest BCUT2D eigenvalue weighted by Crippen LogP contribution is -1.90. The van der Waals surface area contributed by atoms with Crippen molar-refractivity contribution in [3.05, 3.63) is 29.3 Å². The summed E-state index contributed by atoms with van der Waals surface area (Å²) in [5, 5.41) is 1.19. The Labute approximate surface area is 105 Å². The molecule has 0 heterocycles. The van der Waals surface area contributed by atoms with Gasteiger partial charge in [-0.1, -0.05) is 34.1 Å². The number of aryl methyl sites for hydroxylation is 2. The quantitative estimate of drug-likeness (QED) is 0.582. The van der Waals surface area contributed by atoms with Crippen molar-refractivity contribution in [1.29, 1.82) is 0 Å². The van der Waals surface area contributed by atoms with E-state index in [4.69, 9.17) is 0 Å². The van der Waals surface area contributed by atoms with Crippen LogP contribution in [0.2, 0.25) is 0 Å². The number of hydrogen-bond acceptors (Lipinski definition) is 1. The van der Waals surface area contributed by atoms with Crippen molar-refractivity contribution in [2.24, 2.45) is 11.8 Å². The normalized spacial score (nSPS) is 24.2. The van der Waals surface area contributed by atoms with E-state index in [-0.39, 0.29) is 0 Å². The summed E-state index contributed by atoms with van der Waals surface area (Å²) in [6, 6.07) is 6.57. The maximum absolute atomic E-state index is 3.56. The molecule has 0 nitrogen and oxygen atoms in total. The minimum Gasteiger partial charge on any atom is -0.125 e. The molecule has 0 aromatic heterocycles. The Balaban J connectivity index is 1.94. The van der Waals surface area contributed by atoms with Crippen LogP contribution in [-0.4, -0.2) is 11.1 Å². The van der Waals surface area contributed by atoms with Crippen LogP contribution in [-0.2, 0) is 0 Å². The molecular weight excluding hydrogens is 268 g/mol. The second kappa shape index (κ2) is 4.92. The Morgan fingerprint density at radius 2 is 1.93 bits per heavy atom. The summed E-state index contributed by atoms with van der Waals surface area (Å²) in [5.74, 6) is 3.19. The van der Waals surface area contributed by atoms with Crippen molar-refractivity contribution < 1.29 is 0 Å². The predicted octanol–water partition coefficient (Wildman–Crippen LogP) is 4.43. The van der Waals surface area contributed by atoms with Crippen molar-refractivity contribution >= 4 is 27.7 Å². The van der Waals surface area contributed by atoms with Crippen LogP contribution in [0.25, 0.3) is 0 Å². The van der Waals surface area contributed by atoms with Crippen LogP contribution in [0, 0.1) is 25.7 Å². The molecule has 1 saturated carbocycles. The van der Waals surface area contributed by atoms with E-state index in [2.05, 4.69) is 48.0 Å². The van der Waals surface area contributed by atoms with E-state index in [1.807, 2.05) is 11.8 Å². The highest BCUT2D eigenvalue weighted by molar-refractivity contribution is 9.09. The number of hydrogen-bond donors (Lipinski definition) is 0. The molecule has 0 unspecified atom stereocenters. The Morgan fingerprint density at radius 1 is 1.27 bits per heavy atom. The fraction of sp³-hybridized carbons (Fsp3) is 0.538. The van der Waals surface area contributed by atoms with Gasteiger partial charge in [0, 0.05) is 16.0 Å². The molecule has 1 aromatic rings. The average molecular weight is 285 g/mol. The zero-order valence-corrected chi connectivity index (χ0v) is 11.7. The third-order valence-corrected chi connectivity index (χ3v) is 5.48. The molecule has 1 aliphatic rings. The minimum atomic E-state index is 0.946. The highest BCUT2D eigenvalue weighted by Crippen LogP contribution is 2.43. The number of halogens is 1. The standard InChI is InChI=1S/C13H17BrS/c1-9-4-3-5-10(2)13(9)15-8-12-6-11(12)7-14/h3-5,11-12H,6-8H2,1-2H3/t11-,12-/m1/s1. The van der Waals surface area contributed by atoms with E-state index in [9.17, 15) is 0 Å². The van der Waals surface area contributed by atoms with Crippen LogP contribution in [0.4, 0.5) is 0 Å². The van der Waals surface area contributed by atoms with Crippen LogP contribution in [0.5, 0.6) is 0 Å². The van der Waals surface area contributed by atoms with Gasteiger partial charge in [-0.3, -0.25) is 0 Å². The third kappa shape index (κ3) is 2.79. The van der Waals surface area contributed by atoms with Gasteiger partial charge in [-0.15, -0.1) is 11.8 Å². The largest absolute Gasteiger partial charge is 0.125 e.